The third-order valence-corrected chi connectivity index (χ3v) is 2.63. The van der Waals surface area contributed by atoms with Gasteiger partial charge in [0.1, 0.15) is 5.75 Å². The van der Waals surface area contributed by atoms with Crippen LogP contribution in [0.5, 0.6) is 5.75 Å². The van der Waals surface area contributed by atoms with E-state index in [0.29, 0.717) is 5.75 Å². The van der Waals surface area contributed by atoms with E-state index in [1.165, 1.54) is 0 Å². The van der Waals surface area contributed by atoms with E-state index in [9.17, 15) is 4.79 Å². The van der Waals surface area contributed by atoms with Gasteiger partial charge in [-0.1, -0.05) is 0 Å². The maximum absolute atomic E-state index is 10.2. The van der Waals surface area contributed by atoms with Crippen LogP contribution in [0.2, 0.25) is 0 Å². The van der Waals surface area contributed by atoms with Crippen molar-refractivity contribution in [1.82, 2.24) is 0 Å². The topological polar surface area (TPSA) is 46.5 Å². The molecule has 0 saturated heterocycles. The van der Waals surface area contributed by atoms with Gasteiger partial charge in [0.25, 0.3) is 0 Å². The SMILES string of the molecule is O=C(O)COc1ccc(S)c(Br)c1. The van der Waals surface area contributed by atoms with Gasteiger partial charge in [-0.2, -0.15) is 0 Å². The number of benzene rings is 1. The summed E-state index contributed by atoms with van der Waals surface area (Å²) in [6, 6.07) is 5.06. The number of carboxylic acids is 1. The number of carboxylic acid groups (broad SMARTS) is 1. The Balaban J connectivity index is 2.68. The van der Waals surface area contributed by atoms with Gasteiger partial charge in [0.15, 0.2) is 6.61 Å². The van der Waals surface area contributed by atoms with Crippen molar-refractivity contribution in [3.8, 4) is 5.75 Å². The zero-order valence-corrected chi connectivity index (χ0v) is 9.01. The minimum atomic E-state index is -0.994. The van der Waals surface area contributed by atoms with Gasteiger partial charge in [0.2, 0.25) is 0 Å². The highest BCUT2D eigenvalue weighted by molar-refractivity contribution is 9.10. The molecule has 70 valence electrons. The minimum absolute atomic E-state index is 0.335. The van der Waals surface area contributed by atoms with Crippen molar-refractivity contribution in [2.24, 2.45) is 0 Å². The summed E-state index contributed by atoms with van der Waals surface area (Å²) in [4.78, 5) is 11.0. The molecule has 0 saturated carbocycles. The summed E-state index contributed by atoms with van der Waals surface area (Å²) in [6.45, 7) is -0.335. The first-order valence-electron chi connectivity index (χ1n) is 3.42. The molecule has 0 fully saturated rings. The fraction of sp³-hybridized carbons (Fsp3) is 0.125. The molecule has 13 heavy (non-hydrogen) atoms. The number of aliphatic carboxylic acids is 1. The summed E-state index contributed by atoms with van der Waals surface area (Å²) < 4.78 is 5.72. The van der Waals surface area contributed by atoms with Crippen LogP contribution in [0.15, 0.2) is 27.6 Å². The van der Waals surface area contributed by atoms with E-state index in [0.717, 1.165) is 9.37 Å². The second kappa shape index (κ2) is 4.53. The first-order chi connectivity index (χ1) is 6.09. The maximum Gasteiger partial charge on any atom is 0.341 e. The molecular formula is C8H7BrO3S. The van der Waals surface area contributed by atoms with Crippen molar-refractivity contribution in [3.63, 3.8) is 0 Å². The molecule has 1 aromatic carbocycles. The van der Waals surface area contributed by atoms with Gasteiger partial charge in [0.05, 0.1) is 0 Å². The van der Waals surface area contributed by atoms with Gasteiger partial charge in [0, 0.05) is 9.37 Å². The van der Waals surface area contributed by atoms with E-state index < -0.39 is 5.97 Å². The van der Waals surface area contributed by atoms with Gasteiger partial charge in [-0.15, -0.1) is 12.6 Å². The molecule has 0 aliphatic rings. The fourth-order valence-electron chi connectivity index (χ4n) is 0.722. The number of ether oxygens (including phenoxy) is 1. The van der Waals surface area contributed by atoms with E-state index in [-0.39, 0.29) is 6.61 Å². The largest absolute Gasteiger partial charge is 0.482 e. The second-order valence-corrected chi connectivity index (χ2v) is 3.63. The molecule has 0 aliphatic carbocycles. The van der Waals surface area contributed by atoms with Gasteiger partial charge in [-0.3, -0.25) is 0 Å². The molecule has 1 aromatic rings. The Bertz CT molecular complexity index is 327. The lowest BCUT2D eigenvalue weighted by Gasteiger charge is -2.04. The number of rotatable bonds is 3. The summed E-state index contributed by atoms with van der Waals surface area (Å²) in [6.07, 6.45) is 0. The third kappa shape index (κ3) is 3.28. The third-order valence-electron chi connectivity index (χ3n) is 1.28. The molecule has 3 nitrogen and oxygen atoms in total. The van der Waals surface area contributed by atoms with Crippen molar-refractivity contribution in [2.45, 2.75) is 4.90 Å². The molecule has 0 amide bonds. The quantitative estimate of drug-likeness (QED) is 0.822. The number of thiol groups is 1. The van der Waals surface area contributed by atoms with Crippen LogP contribution in [0.25, 0.3) is 0 Å². The second-order valence-electron chi connectivity index (χ2n) is 2.30. The molecule has 0 unspecified atom stereocenters. The first kappa shape index (κ1) is 10.4. The van der Waals surface area contributed by atoms with E-state index in [2.05, 4.69) is 28.6 Å². The summed E-state index contributed by atoms with van der Waals surface area (Å²) in [5, 5.41) is 8.35. The van der Waals surface area contributed by atoms with E-state index in [1.807, 2.05) is 0 Å². The highest BCUT2D eigenvalue weighted by Gasteiger charge is 2.01. The monoisotopic (exact) mass is 262 g/mol. The smallest absolute Gasteiger partial charge is 0.341 e. The lowest BCUT2D eigenvalue weighted by molar-refractivity contribution is -0.139. The summed E-state index contributed by atoms with van der Waals surface area (Å²) in [7, 11) is 0. The van der Waals surface area contributed by atoms with E-state index >= 15 is 0 Å². The summed E-state index contributed by atoms with van der Waals surface area (Å²) >= 11 is 7.38. The van der Waals surface area contributed by atoms with Crippen LogP contribution < -0.4 is 4.74 Å². The van der Waals surface area contributed by atoms with Crippen molar-refractivity contribution in [3.05, 3.63) is 22.7 Å². The Morgan fingerprint density at radius 3 is 2.85 bits per heavy atom. The molecule has 0 bridgehead atoms. The van der Waals surface area contributed by atoms with E-state index in [1.54, 1.807) is 18.2 Å². The molecule has 0 aliphatic heterocycles. The predicted molar refractivity (Wildman–Crippen MR) is 54.5 cm³/mol. The van der Waals surface area contributed by atoms with Crippen molar-refractivity contribution in [2.75, 3.05) is 6.61 Å². The average Bonchev–Trinajstić information content (AvgIpc) is 2.07. The summed E-state index contributed by atoms with van der Waals surface area (Å²) in [5.41, 5.74) is 0. The average molecular weight is 263 g/mol. The summed E-state index contributed by atoms with van der Waals surface area (Å²) in [5.74, 6) is -0.488. The Hall–Kier alpha value is -0.680. The van der Waals surface area contributed by atoms with Crippen LogP contribution in [0.1, 0.15) is 0 Å². The molecule has 0 aromatic heterocycles. The zero-order valence-electron chi connectivity index (χ0n) is 6.53. The first-order valence-corrected chi connectivity index (χ1v) is 4.66. The Morgan fingerprint density at radius 2 is 2.31 bits per heavy atom. The number of carbonyl (C=O) groups is 1. The van der Waals surface area contributed by atoms with Crippen molar-refractivity contribution >= 4 is 34.5 Å². The van der Waals surface area contributed by atoms with Crippen LogP contribution in [0, 0.1) is 0 Å². The van der Waals surface area contributed by atoms with E-state index in [4.69, 9.17) is 9.84 Å². The maximum atomic E-state index is 10.2. The van der Waals surface area contributed by atoms with Crippen LogP contribution >= 0.6 is 28.6 Å². The number of hydrogen-bond donors (Lipinski definition) is 2. The van der Waals surface area contributed by atoms with Gasteiger partial charge < -0.3 is 9.84 Å². The predicted octanol–water partition coefficient (Wildman–Crippen LogP) is 2.20. The molecule has 1 N–H and O–H groups in total. The van der Waals surface area contributed by atoms with Gasteiger partial charge in [-0.05, 0) is 34.1 Å². The highest BCUT2D eigenvalue weighted by Crippen LogP contribution is 2.25. The lowest BCUT2D eigenvalue weighted by Crippen LogP contribution is -2.09. The fourth-order valence-corrected chi connectivity index (χ4v) is 1.22. The molecule has 0 radical (unpaired) electrons. The highest BCUT2D eigenvalue weighted by atomic mass is 79.9. The van der Waals surface area contributed by atoms with Crippen molar-refractivity contribution < 1.29 is 14.6 Å². The zero-order chi connectivity index (χ0) is 9.84. The standard InChI is InChI=1S/C8H7BrO3S/c9-6-3-5(1-2-7(6)13)12-4-8(10)11/h1-3,13H,4H2,(H,10,11). The van der Waals surface area contributed by atoms with Crippen LogP contribution in [-0.2, 0) is 4.79 Å². The molecule has 0 spiro atoms. The van der Waals surface area contributed by atoms with Crippen LogP contribution in [0.3, 0.4) is 0 Å². The van der Waals surface area contributed by atoms with Gasteiger partial charge in [-0.25, -0.2) is 4.79 Å². The molecular weight excluding hydrogens is 256 g/mol. The molecule has 1 rings (SSSR count). The molecule has 0 atom stereocenters. The molecule has 5 heteroatoms. The minimum Gasteiger partial charge on any atom is -0.482 e. The molecule has 0 heterocycles. The lowest BCUT2D eigenvalue weighted by atomic mass is 10.3. The number of hydrogen-bond acceptors (Lipinski definition) is 3. The Morgan fingerprint density at radius 1 is 1.62 bits per heavy atom. The van der Waals surface area contributed by atoms with Crippen LogP contribution in [0.4, 0.5) is 0 Å². The normalized spacial score (nSPS) is 9.69. The number of halogens is 1. The van der Waals surface area contributed by atoms with Crippen molar-refractivity contribution in [1.29, 1.82) is 0 Å². The Labute approximate surface area is 89.3 Å². The van der Waals surface area contributed by atoms with Crippen LogP contribution in [-0.4, -0.2) is 17.7 Å². The van der Waals surface area contributed by atoms with Gasteiger partial charge >= 0.3 is 5.97 Å². The Kier molecular flexibility index (Phi) is 3.62.